The quantitative estimate of drug-likeness (QED) is 0.834. The topological polar surface area (TPSA) is 55.2 Å². The van der Waals surface area contributed by atoms with Gasteiger partial charge >= 0.3 is 0 Å². The van der Waals surface area contributed by atoms with Gasteiger partial charge in [0.15, 0.2) is 9.84 Å². The maximum atomic E-state index is 11.6. The normalized spacial score (nSPS) is 26.9. The van der Waals surface area contributed by atoms with Crippen molar-refractivity contribution in [2.75, 3.05) is 11.5 Å². The lowest BCUT2D eigenvalue weighted by atomic mass is 10.2. The summed E-state index contributed by atoms with van der Waals surface area (Å²) in [5, 5.41) is 4.78. The number of hydrogen-bond donors (Lipinski definition) is 0. The average molecular weight is 290 g/mol. The smallest absolute Gasteiger partial charge is 0.151 e. The van der Waals surface area contributed by atoms with Crippen molar-refractivity contribution in [3.63, 3.8) is 0 Å². The van der Waals surface area contributed by atoms with Crippen LogP contribution in [-0.4, -0.2) is 46.7 Å². The minimum Gasteiger partial charge on any atom is -0.277 e. The van der Waals surface area contributed by atoms with Crippen LogP contribution >= 0.6 is 11.6 Å². The van der Waals surface area contributed by atoms with E-state index in [1.54, 1.807) is 17.1 Å². The highest BCUT2D eigenvalue weighted by molar-refractivity contribution is 7.91. The van der Waals surface area contributed by atoms with E-state index in [-0.39, 0.29) is 6.04 Å². The first-order valence-corrected chi connectivity index (χ1v) is 8.37. The van der Waals surface area contributed by atoms with Crippen molar-refractivity contribution in [3.8, 4) is 0 Å². The Bertz CT molecular complexity index is 538. The number of aromatic nitrogens is 2. The molecule has 0 bridgehead atoms. The van der Waals surface area contributed by atoms with Crippen LogP contribution in [-0.2, 0) is 16.5 Å². The van der Waals surface area contributed by atoms with Gasteiger partial charge in [-0.2, -0.15) is 5.10 Å². The van der Waals surface area contributed by atoms with Gasteiger partial charge in [0, 0.05) is 18.3 Å². The predicted molar refractivity (Wildman–Crippen MR) is 69.2 cm³/mol. The Morgan fingerprint density at radius 3 is 2.67 bits per heavy atom. The van der Waals surface area contributed by atoms with Gasteiger partial charge in [-0.3, -0.25) is 9.58 Å². The van der Waals surface area contributed by atoms with Crippen LogP contribution in [0.15, 0.2) is 12.4 Å². The van der Waals surface area contributed by atoms with E-state index in [4.69, 9.17) is 11.6 Å². The van der Waals surface area contributed by atoms with Gasteiger partial charge in [-0.15, -0.1) is 0 Å². The van der Waals surface area contributed by atoms with Gasteiger partial charge < -0.3 is 0 Å². The first-order chi connectivity index (χ1) is 8.53. The SMILES string of the molecule is O=S1(=O)CCC(N(Cn2cc(Cl)cn2)C2CC2)C1. The summed E-state index contributed by atoms with van der Waals surface area (Å²) in [6.45, 7) is 0.636. The van der Waals surface area contributed by atoms with Crippen LogP contribution in [0.3, 0.4) is 0 Å². The van der Waals surface area contributed by atoms with E-state index < -0.39 is 9.84 Å². The maximum Gasteiger partial charge on any atom is 0.151 e. The van der Waals surface area contributed by atoms with Gasteiger partial charge in [0.25, 0.3) is 0 Å². The molecule has 100 valence electrons. The highest BCUT2D eigenvalue weighted by Crippen LogP contribution is 2.32. The molecule has 7 heteroatoms. The summed E-state index contributed by atoms with van der Waals surface area (Å²) in [4.78, 5) is 2.27. The fourth-order valence-corrected chi connectivity index (χ4v) is 4.45. The van der Waals surface area contributed by atoms with Crippen molar-refractivity contribution in [3.05, 3.63) is 17.4 Å². The van der Waals surface area contributed by atoms with E-state index in [1.165, 1.54) is 0 Å². The number of hydrogen-bond acceptors (Lipinski definition) is 4. The van der Waals surface area contributed by atoms with Gasteiger partial charge in [0.2, 0.25) is 0 Å². The Kier molecular flexibility index (Phi) is 3.11. The van der Waals surface area contributed by atoms with Gasteiger partial charge in [0.05, 0.1) is 29.4 Å². The molecular formula is C11H16ClN3O2S. The molecule has 0 amide bonds. The van der Waals surface area contributed by atoms with Crippen molar-refractivity contribution >= 4 is 21.4 Å². The van der Waals surface area contributed by atoms with Crippen LogP contribution in [0.25, 0.3) is 0 Å². The molecule has 1 aromatic rings. The molecule has 5 nitrogen and oxygen atoms in total. The molecule has 1 atom stereocenters. The fourth-order valence-electron chi connectivity index (χ4n) is 2.56. The third kappa shape index (κ3) is 2.70. The number of rotatable bonds is 4. The molecule has 0 spiro atoms. The highest BCUT2D eigenvalue weighted by Gasteiger charge is 2.39. The lowest BCUT2D eigenvalue weighted by Gasteiger charge is -2.27. The Morgan fingerprint density at radius 2 is 2.17 bits per heavy atom. The molecule has 3 rings (SSSR count). The maximum absolute atomic E-state index is 11.6. The molecule has 1 aromatic heterocycles. The molecule has 2 aliphatic rings. The van der Waals surface area contributed by atoms with Crippen LogP contribution in [0.4, 0.5) is 0 Å². The van der Waals surface area contributed by atoms with Crippen molar-refractivity contribution in [1.29, 1.82) is 0 Å². The van der Waals surface area contributed by atoms with E-state index in [1.807, 2.05) is 0 Å². The summed E-state index contributed by atoms with van der Waals surface area (Å²) in [6.07, 6.45) is 6.45. The van der Waals surface area contributed by atoms with Crippen LogP contribution in [0.5, 0.6) is 0 Å². The summed E-state index contributed by atoms with van der Waals surface area (Å²) in [7, 11) is -2.83. The average Bonchev–Trinajstić information content (AvgIpc) is 2.96. The van der Waals surface area contributed by atoms with Crippen molar-refractivity contribution < 1.29 is 8.42 Å². The van der Waals surface area contributed by atoms with E-state index >= 15 is 0 Å². The Balaban J connectivity index is 1.73. The lowest BCUT2D eigenvalue weighted by Crippen LogP contribution is -2.39. The summed E-state index contributed by atoms with van der Waals surface area (Å²) in [5.41, 5.74) is 0. The standard InChI is InChI=1S/C11H16ClN3O2S/c12-9-5-13-14(6-9)8-15(10-1-2-10)11-3-4-18(16,17)7-11/h5-6,10-11H,1-4,7-8H2. The molecule has 1 aliphatic heterocycles. The number of nitrogens with zero attached hydrogens (tertiary/aromatic N) is 3. The van der Waals surface area contributed by atoms with Gasteiger partial charge in [0.1, 0.15) is 0 Å². The second kappa shape index (κ2) is 4.51. The predicted octanol–water partition coefficient (Wildman–Crippen LogP) is 1.15. The molecule has 1 saturated carbocycles. The molecule has 1 unspecified atom stereocenters. The molecule has 2 heterocycles. The van der Waals surface area contributed by atoms with Crippen molar-refractivity contribution in [2.24, 2.45) is 0 Å². The molecule has 18 heavy (non-hydrogen) atoms. The largest absolute Gasteiger partial charge is 0.277 e. The van der Waals surface area contributed by atoms with Crippen LogP contribution in [0, 0.1) is 0 Å². The second-order valence-electron chi connectivity index (χ2n) is 5.14. The molecule has 0 radical (unpaired) electrons. The molecule has 1 aliphatic carbocycles. The zero-order chi connectivity index (χ0) is 12.8. The minimum absolute atomic E-state index is 0.144. The van der Waals surface area contributed by atoms with Crippen LogP contribution in [0.2, 0.25) is 5.02 Å². The minimum atomic E-state index is -2.83. The first-order valence-electron chi connectivity index (χ1n) is 6.18. The van der Waals surface area contributed by atoms with Crippen LogP contribution in [0.1, 0.15) is 19.3 Å². The van der Waals surface area contributed by atoms with E-state index in [2.05, 4.69) is 10.00 Å². The third-order valence-electron chi connectivity index (χ3n) is 3.60. The highest BCUT2D eigenvalue weighted by atomic mass is 35.5. The molecule has 2 fully saturated rings. The van der Waals surface area contributed by atoms with Crippen LogP contribution < -0.4 is 0 Å². The van der Waals surface area contributed by atoms with E-state index in [0.29, 0.717) is 29.2 Å². The molecule has 1 saturated heterocycles. The van der Waals surface area contributed by atoms with Crippen molar-refractivity contribution in [1.82, 2.24) is 14.7 Å². The Hall–Kier alpha value is -0.590. The third-order valence-corrected chi connectivity index (χ3v) is 5.55. The molecule has 0 N–H and O–H groups in total. The monoisotopic (exact) mass is 289 g/mol. The van der Waals surface area contributed by atoms with Crippen molar-refractivity contribution in [2.45, 2.75) is 38.0 Å². The number of halogens is 1. The summed E-state index contributed by atoms with van der Waals surface area (Å²) >= 11 is 5.85. The van der Waals surface area contributed by atoms with E-state index in [9.17, 15) is 8.42 Å². The second-order valence-corrected chi connectivity index (χ2v) is 7.81. The molecular weight excluding hydrogens is 274 g/mol. The Morgan fingerprint density at radius 1 is 1.39 bits per heavy atom. The van der Waals surface area contributed by atoms with Gasteiger partial charge in [-0.05, 0) is 19.3 Å². The van der Waals surface area contributed by atoms with Gasteiger partial charge in [-0.25, -0.2) is 8.42 Å². The Labute approximate surface area is 112 Å². The molecule has 0 aromatic carbocycles. The summed E-state index contributed by atoms with van der Waals surface area (Å²) in [5.74, 6) is 0.610. The van der Waals surface area contributed by atoms with Gasteiger partial charge in [-0.1, -0.05) is 11.6 Å². The zero-order valence-electron chi connectivity index (χ0n) is 10.00. The summed E-state index contributed by atoms with van der Waals surface area (Å²) < 4.78 is 24.9. The lowest BCUT2D eigenvalue weighted by molar-refractivity contribution is 0.146. The summed E-state index contributed by atoms with van der Waals surface area (Å²) in [6, 6.07) is 0.664. The fraction of sp³-hybridized carbons (Fsp3) is 0.727. The zero-order valence-corrected chi connectivity index (χ0v) is 11.6. The first kappa shape index (κ1) is 12.4. The number of sulfone groups is 1. The van der Waals surface area contributed by atoms with E-state index in [0.717, 1.165) is 19.3 Å².